The van der Waals surface area contributed by atoms with Crippen molar-refractivity contribution in [3.05, 3.63) is 57.0 Å². The van der Waals surface area contributed by atoms with Crippen molar-refractivity contribution in [2.75, 3.05) is 13.2 Å². The normalized spacial score (nSPS) is 11.5. The number of halogens is 2. The standard InChI is InChI=1S/C20H25BrClNO3/c1-4-25-18-9-15(11-23-20(2,3)13-24)17(21)10-19(18)26-12-14-6-5-7-16(22)8-14/h5-10,23-24H,4,11-13H2,1-3H3. The van der Waals surface area contributed by atoms with Gasteiger partial charge in [0.2, 0.25) is 0 Å². The van der Waals surface area contributed by atoms with E-state index in [1.165, 1.54) is 0 Å². The summed E-state index contributed by atoms with van der Waals surface area (Å²) < 4.78 is 12.6. The number of aliphatic hydroxyl groups is 1. The molecule has 26 heavy (non-hydrogen) atoms. The molecule has 0 unspecified atom stereocenters. The van der Waals surface area contributed by atoms with Crippen molar-refractivity contribution in [2.24, 2.45) is 0 Å². The Morgan fingerprint density at radius 1 is 1.15 bits per heavy atom. The van der Waals surface area contributed by atoms with Crippen LogP contribution >= 0.6 is 27.5 Å². The molecule has 0 heterocycles. The highest BCUT2D eigenvalue weighted by atomic mass is 79.9. The van der Waals surface area contributed by atoms with Gasteiger partial charge in [-0.2, -0.15) is 0 Å². The lowest BCUT2D eigenvalue weighted by Crippen LogP contribution is -2.42. The second-order valence-electron chi connectivity index (χ2n) is 6.64. The molecule has 2 aromatic rings. The Balaban J connectivity index is 2.16. The van der Waals surface area contributed by atoms with Crippen LogP contribution in [0.25, 0.3) is 0 Å². The van der Waals surface area contributed by atoms with Crippen LogP contribution in [-0.4, -0.2) is 23.9 Å². The van der Waals surface area contributed by atoms with E-state index in [2.05, 4.69) is 21.2 Å². The Morgan fingerprint density at radius 3 is 2.54 bits per heavy atom. The molecule has 0 aliphatic carbocycles. The van der Waals surface area contributed by atoms with Crippen molar-refractivity contribution in [2.45, 2.75) is 39.5 Å². The zero-order valence-corrected chi connectivity index (χ0v) is 17.7. The number of benzene rings is 2. The predicted molar refractivity (Wildman–Crippen MR) is 109 cm³/mol. The number of aliphatic hydroxyl groups excluding tert-OH is 1. The summed E-state index contributed by atoms with van der Waals surface area (Å²) in [5.74, 6) is 1.36. The topological polar surface area (TPSA) is 50.7 Å². The second-order valence-corrected chi connectivity index (χ2v) is 7.93. The molecule has 6 heteroatoms. The summed E-state index contributed by atoms with van der Waals surface area (Å²) >= 11 is 9.63. The van der Waals surface area contributed by atoms with Crippen LogP contribution in [0.1, 0.15) is 31.9 Å². The van der Waals surface area contributed by atoms with Gasteiger partial charge in [0.25, 0.3) is 0 Å². The summed E-state index contributed by atoms with van der Waals surface area (Å²) in [5.41, 5.74) is 1.67. The fourth-order valence-electron chi connectivity index (χ4n) is 2.27. The van der Waals surface area contributed by atoms with Gasteiger partial charge in [-0.15, -0.1) is 0 Å². The SMILES string of the molecule is CCOc1cc(CNC(C)(C)CO)c(Br)cc1OCc1cccc(Cl)c1. The number of ether oxygens (including phenoxy) is 2. The van der Waals surface area contributed by atoms with Gasteiger partial charge < -0.3 is 19.9 Å². The Labute approximate surface area is 168 Å². The number of rotatable bonds is 9. The van der Waals surface area contributed by atoms with Gasteiger partial charge in [-0.1, -0.05) is 39.7 Å². The number of nitrogens with one attached hydrogen (secondary N) is 1. The average Bonchev–Trinajstić information content (AvgIpc) is 2.61. The smallest absolute Gasteiger partial charge is 0.162 e. The molecule has 2 rings (SSSR count). The monoisotopic (exact) mass is 441 g/mol. The van der Waals surface area contributed by atoms with Gasteiger partial charge in [0.15, 0.2) is 11.5 Å². The third-order valence-corrected chi connectivity index (χ3v) is 4.82. The fourth-order valence-corrected chi connectivity index (χ4v) is 2.95. The number of hydrogen-bond acceptors (Lipinski definition) is 4. The van der Waals surface area contributed by atoms with Gasteiger partial charge in [-0.05, 0) is 56.2 Å². The van der Waals surface area contributed by atoms with Crippen molar-refractivity contribution in [3.8, 4) is 11.5 Å². The first kappa shape index (κ1) is 21.0. The van der Waals surface area contributed by atoms with Crippen LogP contribution in [0.4, 0.5) is 0 Å². The quantitative estimate of drug-likeness (QED) is 0.577. The van der Waals surface area contributed by atoms with Crippen LogP contribution in [0.5, 0.6) is 11.5 Å². The predicted octanol–water partition coefficient (Wildman–Crippen LogP) is 4.94. The van der Waals surface area contributed by atoms with Crippen LogP contribution in [0, 0.1) is 0 Å². The average molecular weight is 443 g/mol. The van der Waals surface area contributed by atoms with Gasteiger partial charge in [-0.25, -0.2) is 0 Å². The minimum Gasteiger partial charge on any atom is -0.490 e. The van der Waals surface area contributed by atoms with Crippen LogP contribution in [0.15, 0.2) is 40.9 Å². The summed E-state index contributed by atoms with van der Waals surface area (Å²) in [6, 6.07) is 11.5. The molecule has 0 aliphatic rings. The molecule has 0 aliphatic heterocycles. The maximum Gasteiger partial charge on any atom is 0.162 e. The third kappa shape index (κ3) is 6.16. The first-order valence-corrected chi connectivity index (χ1v) is 9.70. The number of hydrogen-bond donors (Lipinski definition) is 2. The first-order chi connectivity index (χ1) is 12.3. The molecule has 0 bridgehead atoms. The van der Waals surface area contributed by atoms with Gasteiger partial charge in [0.05, 0.1) is 13.2 Å². The van der Waals surface area contributed by atoms with Crippen molar-refractivity contribution < 1.29 is 14.6 Å². The zero-order chi connectivity index (χ0) is 19.2. The van der Waals surface area contributed by atoms with Gasteiger partial charge in [0, 0.05) is 21.6 Å². The van der Waals surface area contributed by atoms with E-state index in [9.17, 15) is 5.11 Å². The summed E-state index contributed by atoms with van der Waals surface area (Å²) in [6.45, 7) is 7.45. The lowest BCUT2D eigenvalue weighted by Gasteiger charge is -2.24. The van der Waals surface area contributed by atoms with Gasteiger partial charge in [0.1, 0.15) is 6.61 Å². The maximum atomic E-state index is 9.39. The van der Waals surface area contributed by atoms with E-state index in [-0.39, 0.29) is 12.1 Å². The molecule has 2 N–H and O–H groups in total. The summed E-state index contributed by atoms with van der Waals surface area (Å²) in [5, 5.41) is 13.4. The van der Waals surface area contributed by atoms with Gasteiger partial charge in [-0.3, -0.25) is 0 Å². The molecule has 0 saturated heterocycles. The maximum absolute atomic E-state index is 9.39. The summed E-state index contributed by atoms with van der Waals surface area (Å²) in [6.07, 6.45) is 0. The molecule has 0 aromatic heterocycles. The Hall–Kier alpha value is -1.27. The molecule has 2 aromatic carbocycles. The van der Waals surface area contributed by atoms with Crippen molar-refractivity contribution in [1.29, 1.82) is 0 Å². The van der Waals surface area contributed by atoms with E-state index in [1.807, 2.05) is 57.2 Å². The Bertz CT molecular complexity index is 737. The van der Waals surface area contributed by atoms with Crippen molar-refractivity contribution >= 4 is 27.5 Å². The first-order valence-electron chi connectivity index (χ1n) is 8.53. The Kier molecular flexibility index (Phi) is 7.77. The van der Waals surface area contributed by atoms with E-state index in [0.717, 1.165) is 15.6 Å². The molecule has 0 fully saturated rings. The molecular weight excluding hydrogens is 418 g/mol. The van der Waals surface area contributed by atoms with E-state index >= 15 is 0 Å². The summed E-state index contributed by atoms with van der Waals surface area (Å²) in [4.78, 5) is 0. The van der Waals surface area contributed by atoms with Crippen LogP contribution in [0.2, 0.25) is 5.02 Å². The van der Waals surface area contributed by atoms with Gasteiger partial charge >= 0.3 is 0 Å². The molecule has 4 nitrogen and oxygen atoms in total. The molecule has 0 saturated carbocycles. The highest BCUT2D eigenvalue weighted by molar-refractivity contribution is 9.10. The van der Waals surface area contributed by atoms with Crippen LogP contribution < -0.4 is 14.8 Å². The van der Waals surface area contributed by atoms with Crippen LogP contribution in [-0.2, 0) is 13.2 Å². The Morgan fingerprint density at radius 2 is 1.88 bits per heavy atom. The molecule has 0 amide bonds. The van der Waals surface area contributed by atoms with Crippen LogP contribution in [0.3, 0.4) is 0 Å². The van der Waals surface area contributed by atoms with Crippen molar-refractivity contribution in [3.63, 3.8) is 0 Å². The molecule has 142 valence electrons. The zero-order valence-electron chi connectivity index (χ0n) is 15.3. The minimum absolute atomic E-state index is 0.0593. The summed E-state index contributed by atoms with van der Waals surface area (Å²) in [7, 11) is 0. The highest BCUT2D eigenvalue weighted by Crippen LogP contribution is 2.34. The molecular formula is C20H25BrClNO3. The lowest BCUT2D eigenvalue weighted by molar-refractivity contribution is 0.187. The van der Waals surface area contributed by atoms with Crippen molar-refractivity contribution in [1.82, 2.24) is 5.32 Å². The molecule has 0 spiro atoms. The third-order valence-electron chi connectivity index (χ3n) is 3.85. The fraction of sp³-hybridized carbons (Fsp3) is 0.400. The van der Waals surface area contributed by atoms with E-state index in [4.69, 9.17) is 21.1 Å². The molecule has 0 atom stereocenters. The minimum atomic E-state index is -0.354. The van der Waals surface area contributed by atoms with E-state index < -0.39 is 0 Å². The largest absolute Gasteiger partial charge is 0.490 e. The second kappa shape index (κ2) is 9.60. The van der Waals surface area contributed by atoms with E-state index in [0.29, 0.717) is 36.3 Å². The highest BCUT2D eigenvalue weighted by Gasteiger charge is 2.17. The lowest BCUT2D eigenvalue weighted by atomic mass is 10.1. The molecule has 0 radical (unpaired) electrons. The van der Waals surface area contributed by atoms with E-state index in [1.54, 1.807) is 0 Å².